The SMILES string of the molecule is CCC(C)Nc1nc(C)cc(N(CC)c2ccccc2)n1. The van der Waals surface area contributed by atoms with Crippen LogP contribution in [0, 0.1) is 6.92 Å². The maximum Gasteiger partial charge on any atom is 0.225 e. The molecule has 0 bridgehead atoms. The molecule has 1 atom stereocenters. The number of para-hydroxylation sites is 1. The molecule has 1 N–H and O–H groups in total. The van der Waals surface area contributed by atoms with Crippen LogP contribution < -0.4 is 10.2 Å². The summed E-state index contributed by atoms with van der Waals surface area (Å²) in [5.74, 6) is 1.63. The molecule has 0 spiro atoms. The Kier molecular flexibility index (Phi) is 5.14. The van der Waals surface area contributed by atoms with E-state index in [1.54, 1.807) is 0 Å². The molecule has 1 aromatic heterocycles. The lowest BCUT2D eigenvalue weighted by molar-refractivity contribution is 0.751. The number of aromatic nitrogens is 2. The molecule has 0 aliphatic heterocycles. The van der Waals surface area contributed by atoms with Crippen LogP contribution in [0.2, 0.25) is 0 Å². The maximum absolute atomic E-state index is 4.67. The fourth-order valence-corrected chi connectivity index (χ4v) is 2.16. The summed E-state index contributed by atoms with van der Waals surface area (Å²) in [6, 6.07) is 12.7. The second-order valence-electron chi connectivity index (χ2n) is 5.22. The minimum absolute atomic E-state index is 0.367. The van der Waals surface area contributed by atoms with Crippen LogP contribution >= 0.6 is 0 Å². The summed E-state index contributed by atoms with van der Waals surface area (Å²) in [5.41, 5.74) is 2.12. The van der Waals surface area contributed by atoms with Crippen LogP contribution in [0.1, 0.15) is 32.9 Å². The Balaban J connectivity index is 2.33. The van der Waals surface area contributed by atoms with Crippen molar-refractivity contribution in [3.8, 4) is 0 Å². The molecule has 0 amide bonds. The summed E-state index contributed by atoms with van der Waals surface area (Å²) in [5, 5.41) is 3.35. The van der Waals surface area contributed by atoms with E-state index in [0.29, 0.717) is 12.0 Å². The monoisotopic (exact) mass is 284 g/mol. The van der Waals surface area contributed by atoms with Gasteiger partial charge in [0.25, 0.3) is 0 Å². The zero-order chi connectivity index (χ0) is 15.2. The van der Waals surface area contributed by atoms with Crippen LogP contribution in [0.4, 0.5) is 17.5 Å². The van der Waals surface area contributed by atoms with Gasteiger partial charge in [0.2, 0.25) is 5.95 Å². The summed E-state index contributed by atoms with van der Waals surface area (Å²) in [4.78, 5) is 11.3. The third kappa shape index (κ3) is 3.94. The molecular weight excluding hydrogens is 260 g/mol. The molecule has 21 heavy (non-hydrogen) atoms. The smallest absolute Gasteiger partial charge is 0.225 e. The van der Waals surface area contributed by atoms with E-state index in [0.717, 1.165) is 30.2 Å². The Bertz CT molecular complexity index is 568. The Morgan fingerprint density at radius 2 is 1.86 bits per heavy atom. The minimum Gasteiger partial charge on any atom is -0.352 e. The van der Waals surface area contributed by atoms with Gasteiger partial charge >= 0.3 is 0 Å². The molecule has 112 valence electrons. The van der Waals surface area contributed by atoms with Crippen LogP contribution in [0.15, 0.2) is 36.4 Å². The first kappa shape index (κ1) is 15.3. The van der Waals surface area contributed by atoms with Crippen LogP contribution in [-0.4, -0.2) is 22.6 Å². The molecule has 1 aromatic carbocycles. The normalized spacial score (nSPS) is 12.0. The van der Waals surface area contributed by atoms with Gasteiger partial charge in [0.05, 0.1) is 0 Å². The van der Waals surface area contributed by atoms with Crippen molar-refractivity contribution >= 4 is 17.5 Å². The van der Waals surface area contributed by atoms with Crippen LogP contribution in [0.5, 0.6) is 0 Å². The van der Waals surface area contributed by atoms with Crippen LogP contribution in [0.3, 0.4) is 0 Å². The molecule has 0 saturated heterocycles. The van der Waals surface area contributed by atoms with Gasteiger partial charge in [0.1, 0.15) is 5.82 Å². The molecule has 2 aromatic rings. The van der Waals surface area contributed by atoms with E-state index in [-0.39, 0.29) is 0 Å². The number of benzene rings is 1. The molecule has 4 nitrogen and oxygen atoms in total. The molecule has 0 saturated carbocycles. The fraction of sp³-hybridized carbons (Fsp3) is 0.412. The first-order chi connectivity index (χ1) is 10.1. The topological polar surface area (TPSA) is 41.1 Å². The quantitative estimate of drug-likeness (QED) is 0.865. The van der Waals surface area contributed by atoms with Gasteiger partial charge in [-0.1, -0.05) is 25.1 Å². The van der Waals surface area contributed by atoms with Crippen molar-refractivity contribution in [3.63, 3.8) is 0 Å². The third-order valence-electron chi connectivity index (χ3n) is 3.49. The zero-order valence-electron chi connectivity index (χ0n) is 13.3. The van der Waals surface area contributed by atoms with Gasteiger partial charge in [0, 0.05) is 30.0 Å². The fourth-order valence-electron chi connectivity index (χ4n) is 2.16. The first-order valence-electron chi connectivity index (χ1n) is 7.58. The van der Waals surface area contributed by atoms with Gasteiger partial charge in [-0.3, -0.25) is 0 Å². The molecule has 0 fully saturated rings. The lowest BCUT2D eigenvalue weighted by Gasteiger charge is -2.23. The summed E-state index contributed by atoms with van der Waals surface area (Å²) >= 11 is 0. The van der Waals surface area contributed by atoms with Crippen molar-refractivity contribution in [2.24, 2.45) is 0 Å². The Labute approximate surface area is 127 Å². The van der Waals surface area contributed by atoms with E-state index in [2.05, 4.69) is 53.1 Å². The highest BCUT2D eigenvalue weighted by molar-refractivity contribution is 5.61. The van der Waals surface area contributed by atoms with Crippen LogP contribution in [-0.2, 0) is 0 Å². The van der Waals surface area contributed by atoms with Crippen molar-refractivity contribution in [2.75, 3.05) is 16.8 Å². The molecule has 0 aliphatic carbocycles. The van der Waals surface area contributed by atoms with Crippen LogP contribution in [0.25, 0.3) is 0 Å². The lowest BCUT2D eigenvalue weighted by Crippen LogP contribution is -2.20. The van der Waals surface area contributed by atoms with Gasteiger partial charge in [-0.25, -0.2) is 4.98 Å². The summed E-state index contributed by atoms with van der Waals surface area (Å²) in [6.07, 6.45) is 1.04. The van der Waals surface area contributed by atoms with Crippen molar-refractivity contribution < 1.29 is 0 Å². The summed E-state index contributed by atoms with van der Waals surface area (Å²) in [7, 11) is 0. The largest absolute Gasteiger partial charge is 0.352 e. The molecule has 1 unspecified atom stereocenters. The Hall–Kier alpha value is -2.10. The molecule has 0 radical (unpaired) electrons. The van der Waals surface area contributed by atoms with E-state index in [9.17, 15) is 0 Å². The second-order valence-corrected chi connectivity index (χ2v) is 5.22. The van der Waals surface area contributed by atoms with Gasteiger partial charge in [-0.2, -0.15) is 4.98 Å². The number of nitrogens with zero attached hydrogens (tertiary/aromatic N) is 3. The van der Waals surface area contributed by atoms with Gasteiger partial charge < -0.3 is 10.2 Å². The summed E-state index contributed by atoms with van der Waals surface area (Å²) in [6.45, 7) is 9.29. The van der Waals surface area contributed by atoms with Crippen molar-refractivity contribution in [1.82, 2.24) is 9.97 Å². The Morgan fingerprint density at radius 1 is 1.14 bits per heavy atom. The predicted molar refractivity (Wildman–Crippen MR) is 89.3 cm³/mol. The van der Waals surface area contributed by atoms with Crippen molar-refractivity contribution in [3.05, 3.63) is 42.1 Å². The number of aryl methyl sites for hydroxylation is 1. The third-order valence-corrected chi connectivity index (χ3v) is 3.49. The number of hydrogen-bond acceptors (Lipinski definition) is 4. The van der Waals surface area contributed by atoms with E-state index >= 15 is 0 Å². The molecule has 1 heterocycles. The first-order valence-corrected chi connectivity index (χ1v) is 7.58. The van der Waals surface area contributed by atoms with Crippen molar-refractivity contribution in [1.29, 1.82) is 0 Å². The average molecular weight is 284 g/mol. The zero-order valence-corrected chi connectivity index (χ0v) is 13.3. The van der Waals surface area contributed by atoms with E-state index in [1.165, 1.54) is 0 Å². The molecular formula is C17H24N4. The van der Waals surface area contributed by atoms with E-state index in [4.69, 9.17) is 0 Å². The lowest BCUT2D eigenvalue weighted by atomic mass is 10.2. The molecule has 2 rings (SSSR count). The predicted octanol–water partition coefficient (Wildman–Crippen LogP) is 4.15. The highest BCUT2D eigenvalue weighted by Crippen LogP contribution is 2.24. The Morgan fingerprint density at radius 3 is 2.48 bits per heavy atom. The standard InChI is InChI=1S/C17H24N4/c1-5-13(3)18-17-19-14(4)12-16(20-17)21(6-2)15-10-8-7-9-11-15/h7-13H,5-6H2,1-4H3,(H,18,19,20). The summed E-state index contributed by atoms with van der Waals surface area (Å²) < 4.78 is 0. The number of nitrogens with one attached hydrogen (secondary N) is 1. The second kappa shape index (κ2) is 7.07. The maximum atomic E-state index is 4.67. The van der Waals surface area contributed by atoms with Gasteiger partial charge in [-0.15, -0.1) is 0 Å². The molecule has 4 heteroatoms. The number of rotatable bonds is 6. The number of anilines is 3. The highest BCUT2D eigenvalue weighted by atomic mass is 15.2. The average Bonchev–Trinajstić information content (AvgIpc) is 2.48. The van der Waals surface area contributed by atoms with E-state index in [1.807, 2.05) is 31.2 Å². The van der Waals surface area contributed by atoms with Gasteiger partial charge in [0.15, 0.2) is 0 Å². The van der Waals surface area contributed by atoms with Crippen molar-refractivity contribution in [2.45, 2.75) is 40.2 Å². The molecule has 0 aliphatic rings. The van der Waals surface area contributed by atoms with Gasteiger partial charge in [-0.05, 0) is 39.3 Å². The highest BCUT2D eigenvalue weighted by Gasteiger charge is 2.11. The minimum atomic E-state index is 0.367. The van der Waals surface area contributed by atoms with E-state index < -0.39 is 0 Å². The number of hydrogen-bond donors (Lipinski definition) is 1.